The van der Waals surface area contributed by atoms with E-state index in [2.05, 4.69) is 19.9 Å². The lowest BCUT2D eigenvalue weighted by Crippen LogP contribution is -1.69. The average Bonchev–Trinajstić information content (AvgIpc) is 1.89. The van der Waals surface area contributed by atoms with Crippen molar-refractivity contribution >= 4 is 0 Å². The van der Waals surface area contributed by atoms with E-state index in [1.165, 1.54) is 5.57 Å². The fourth-order valence-corrected chi connectivity index (χ4v) is 0. The molecule has 1 heteroatoms. The van der Waals surface area contributed by atoms with E-state index in [0.717, 1.165) is 6.42 Å². The molecule has 0 aromatic heterocycles. The predicted octanol–water partition coefficient (Wildman–Crippen LogP) is 2.36. The van der Waals surface area contributed by atoms with E-state index in [4.69, 9.17) is 5.11 Å². The Labute approximate surface area is 58.4 Å². The molecule has 56 valence electrons. The molecule has 9 heavy (non-hydrogen) atoms. The van der Waals surface area contributed by atoms with Crippen LogP contribution in [-0.4, -0.2) is 11.7 Å². The van der Waals surface area contributed by atoms with Crippen LogP contribution in [-0.2, 0) is 0 Å². The van der Waals surface area contributed by atoms with Crippen molar-refractivity contribution in [2.45, 2.75) is 34.1 Å². The maximum atomic E-state index is 7.88. The second-order valence-corrected chi connectivity index (χ2v) is 2.09. The van der Waals surface area contributed by atoms with E-state index in [-0.39, 0.29) is 0 Å². The quantitative estimate of drug-likeness (QED) is 0.540. The van der Waals surface area contributed by atoms with E-state index in [0.29, 0.717) is 6.61 Å². The first-order valence-corrected chi connectivity index (χ1v) is 3.39. The van der Waals surface area contributed by atoms with Gasteiger partial charge in [0.05, 0.1) is 0 Å². The first-order chi connectivity index (χ1) is 4.18. The van der Waals surface area contributed by atoms with Crippen LogP contribution in [0.1, 0.15) is 34.1 Å². The summed E-state index contributed by atoms with van der Waals surface area (Å²) < 4.78 is 0. The van der Waals surface area contributed by atoms with Crippen molar-refractivity contribution < 1.29 is 5.11 Å². The predicted molar refractivity (Wildman–Crippen MR) is 42.5 cm³/mol. The van der Waals surface area contributed by atoms with Gasteiger partial charge in [-0.15, -0.1) is 0 Å². The zero-order chi connectivity index (χ0) is 7.70. The molecule has 1 N–H and O–H groups in total. The minimum Gasteiger partial charge on any atom is -0.396 e. The molecule has 0 heterocycles. The first kappa shape index (κ1) is 11.5. The largest absolute Gasteiger partial charge is 0.396 e. The molecule has 0 spiro atoms. The minimum atomic E-state index is 0.319. The highest BCUT2D eigenvalue weighted by Gasteiger charge is 1.60. The summed E-state index contributed by atoms with van der Waals surface area (Å²) in [6.07, 6.45) is 2.96. The van der Waals surface area contributed by atoms with Crippen LogP contribution >= 0.6 is 0 Å². The van der Waals surface area contributed by atoms with Gasteiger partial charge in [0.15, 0.2) is 0 Å². The van der Waals surface area contributed by atoms with Crippen LogP contribution in [0.2, 0.25) is 0 Å². The van der Waals surface area contributed by atoms with Crippen LogP contribution in [0.15, 0.2) is 11.6 Å². The summed E-state index contributed by atoms with van der Waals surface area (Å²) in [5.41, 5.74) is 1.38. The molecule has 1 nitrogen and oxygen atoms in total. The van der Waals surface area contributed by atoms with E-state index < -0.39 is 0 Å². The van der Waals surface area contributed by atoms with E-state index in [9.17, 15) is 0 Å². The summed E-state index contributed by atoms with van der Waals surface area (Å²) in [4.78, 5) is 0. The zero-order valence-corrected chi connectivity index (χ0v) is 6.94. The molecule has 0 atom stereocenters. The molecule has 0 radical (unpaired) electrons. The SMILES string of the molecule is CC=C(C)C.CCCO. The molecule has 0 unspecified atom stereocenters. The van der Waals surface area contributed by atoms with Gasteiger partial charge in [-0.25, -0.2) is 0 Å². The van der Waals surface area contributed by atoms with Crippen LogP contribution in [0, 0.1) is 0 Å². The third kappa shape index (κ3) is 34.3. The molecule has 0 amide bonds. The van der Waals surface area contributed by atoms with Crippen molar-refractivity contribution in [3.8, 4) is 0 Å². The normalized spacial score (nSPS) is 7.22. The van der Waals surface area contributed by atoms with E-state index in [1.807, 2.05) is 13.8 Å². The maximum absolute atomic E-state index is 7.88. The third-order valence-electron chi connectivity index (χ3n) is 0.801. The second-order valence-electron chi connectivity index (χ2n) is 2.09. The van der Waals surface area contributed by atoms with Gasteiger partial charge in [0.2, 0.25) is 0 Å². The summed E-state index contributed by atoms with van der Waals surface area (Å²) in [6.45, 7) is 8.45. The number of hydrogen-bond donors (Lipinski definition) is 1. The van der Waals surface area contributed by atoms with E-state index >= 15 is 0 Å². The molecule has 0 bridgehead atoms. The highest BCUT2D eigenvalue weighted by Crippen LogP contribution is 1.82. The third-order valence-corrected chi connectivity index (χ3v) is 0.801. The van der Waals surface area contributed by atoms with Crippen molar-refractivity contribution in [1.82, 2.24) is 0 Å². The molecule has 0 aromatic rings. The summed E-state index contributed by atoms with van der Waals surface area (Å²) in [7, 11) is 0. The van der Waals surface area contributed by atoms with Gasteiger partial charge in [-0.1, -0.05) is 18.6 Å². The number of allylic oxidation sites excluding steroid dienone is 2. The topological polar surface area (TPSA) is 20.2 Å². The Morgan fingerprint density at radius 2 is 1.67 bits per heavy atom. The molecule has 0 saturated heterocycles. The highest BCUT2D eigenvalue weighted by molar-refractivity contribution is 4.88. The van der Waals surface area contributed by atoms with Crippen LogP contribution in [0.3, 0.4) is 0 Å². The van der Waals surface area contributed by atoms with Gasteiger partial charge in [0.25, 0.3) is 0 Å². The van der Waals surface area contributed by atoms with Gasteiger partial charge >= 0.3 is 0 Å². The molecule has 0 saturated carbocycles. The number of hydrogen-bond acceptors (Lipinski definition) is 1. The monoisotopic (exact) mass is 130 g/mol. The Bertz CT molecular complexity index is 59.0. The van der Waals surface area contributed by atoms with Gasteiger partial charge < -0.3 is 5.11 Å². The van der Waals surface area contributed by atoms with Gasteiger partial charge in [0, 0.05) is 6.61 Å². The Morgan fingerprint density at radius 3 is 1.67 bits per heavy atom. The fraction of sp³-hybridized carbons (Fsp3) is 0.750. The molecular weight excluding hydrogens is 112 g/mol. The standard InChI is InChI=1S/C5H10.C3H8O/c1-4-5(2)3;1-2-3-4/h4H,1-3H3;4H,2-3H2,1H3. The van der Waals surface area contributed by atoms with Gasteiger partial charge in [0.1, 0.15) is 0 Å². The lowest BCUT2D eigenvalue weighted by atomic mass is 10.3. The number of aliphatic hydroxyl groups excluding tert-OH is 1. The molecule has 0 aliphatic heterocycles. The maximum Gasteiger partial charge on any atom is 0.0428 e. The molecule has 0 rings (SSSR count). The van der Waals surface area contributed by atoms with Crippen molar-refractivity contribution in [2.24, 2.45) is 0 Å². The Balaban J connectivity index is 0. The van der Waals surface area contributed by atoms with Crippen molar-refractivity contribution in [2.75, 3.05) is 6.61 Å². The highest BCUT2D eigenvalue weighted by atomic mass is 16.2. The lowest BCUT2D eigenvalue weighted by Gasteiger charge is -1.74. The Morgan fingerprint density at radius 1 is 1.44 bits per heavy atom. The number of rotatable bonds is 1. The zero-order valence-electron chi connectivity index (χ0n) is 6.94. The molecular formula is C8H18O. The lowest BCUT2D eigenvalue weighted by molar-refractivity contribution is 0.295. The minimum absolute atomic E-state index is 0.319. The smallest absolute Gasteiger partial charge is 0.0428 e. The van der Waals surface area contributed by atoms with Crippen molar-refractivity contribution in [3.63, 3.8) is 0 Å². The van der Waals surface area contributed by atoms with Crippen LogP contribution in [0.25, 0.3) is 0 Å². The molecule has 0 aromatic carbocycles. The summed E-state index contributed by atoms with van der Waals surface area (Å²) in [5, 5.41) is 7.88. The summed E-state index contributed by atoms with van der Waals surface area (Å²) in [5.74, 6) is 0. The number of aliphatic hydroxyl groups is 1. The molecule has 0 aliphatic carbocycles. The van der Waals surface area contributed by atoms with Crippen molar-refractivity contribution in [1.29, 1.82) is 0 Å². The second kappa shape index (κ2) is 10.6. The van der Waals surface area contributed by atoms with Crippen LogP contribution in [0.5, 0.6) is 0 Å². The molecule has 0 aliphatic rings. The van der Waals surface area contributed by atoms with Crippen molar-refractivity contribution in [3.05, 3.63) is 11.6 Å². The van der Waals surface area contributed by atoms with Crippen LogP contribution < -0.4 is 0 Å². The fourth-order valence-electron chi connectivity index (χ4n) is 0. The average molecular weight is 130 g/mol. The van der Waals surface area contributed by atoms with E-state index in [1.54, 1.807) is 0 Å². The Hall–Kier alpha value is -0.300. The molecule has 0 fully saturated rings. The van der Waals surface area contributed by atoms with Gasteiger partial charge in [-0.05, 0) is 27.2 Å². The van der Waals surface area contributed by atoms with Gasteiger partial charge in [-0.2, -0.15) is 0 Å². The summed E-state index contributed by atoms with van der Waals surface area (Å²) in [6, 6.07) is 0. The first-order valence-electron chi connectivity index (χ1n) is 3.39. The summed E-state index contributed by atoms with van der Waals surface area (Å²) >= 11 is 0. The van der Waals surface area contributed by atoms with Crippen LogP contribution in [0.4, 0.5) is 0 Å². The Kier molecular flexibility index (Phi) is 13.6. The van der Waals surface area contributed by atoms with Gasteiger partial charge in [-0.3, -0.25) is 0 Å².